The maximum absolute atomic E-state index is 2.55. The van der Waals surface area contributed by atoms with E-state index in [0.717, 1.165) is 0 Å². The van der Waals surface area contributed by atoms with Crippen molar-refractivity contribution in [2.75, 3.05) is 0 Å². The Morgan fingerprint density at radius 3 is 2.29 bits per heavy atom. The molecule has 2 nitrogen and oxygen atoms in total. The molecule has 0 saturated carbocycles. The summed E-state index contributed by atoms with van der Waals surface area (Å²) >= 11 is 1.91. The molecule has 0 fully saturated rings. The summed E-state index contributed by atoms with van der Waals surface area (Å²) in [7, 11) is 2.18. The van der Waals surface area contributed by atoms with Gasteiger partial charge in [0, 0.05) is 40.2 Å². The van der Waals surface area contributed by atoms with E-state index in [2.05, 4.69) is 114 Å². The van der Waals surface area contributed by atoms with Crippen LogP contribution in [-0.2, 0) is 7.05 Å². The smallest absolute Gasteiger partial charge is 0.244 e. The topological polar surface area (TPSA) is 9.03 Å². The predicted molar refractivity (Wildman–Crippen MR) is 146 cm³/mol. The van der Waals surface area contributed by atoms with Crippen molar-refractivity contribution in [3.8, 4) is 0 Å². The Bertz CT molecular complexity index is 2140. The Morgan fingerprint density at radius 1 is 0.647 bits per heavy atom. The van der Waals surface area contributed by atoms with Gasteiger partial charge in [-0.1, -0.05) is 54.6 Å². The number of hydrogen-bond acceptors (Lipinski definition) is 1. The number of aryl methyl sites for hydroxylation is 2. The molecule has 0 aliphatic carbocycles. The lowest BCUT2D eigenvalue weighted by atomic mass is 10.0. The summed E-state index contributed by atoms with van der Waals surface area (Å²) in [6.07, 6.45) is 2.22. The number of thiophene rings is 1. The largest absolute Gasteiger partial charge is 0.345 e. The second-order valence-electron chi connectivity index (χ2n) is 9.32. The van der Waals surface area contributed by atoms with Crippen LogP contribution in [0.5, 0.6) is 0 Å². The Labute approximate surface area is 199 Å². The lowest BCUT2D eigenvalue weighted by Crippen LogP contribution is -2.20. The molecule has 0 radical (unpaired) electrons. The van der Waals surface area contributed by atoms with Crippen LogP contribution in [0.1, 0.15) is 5.56 Å². The number of benzene rings is 4. The molecular formula is C31H21N2S+. The summed E-state index contributed by atoms with van der Waals surface area (Å²) in [5.74, 6) is 0. The van der Waals surface area contributed by atoms with Gasteiger partial charge in [0.05, 0.1) is 16.2 Å². The van der Waals surface area contributed by atoms with Crippen molar-refractivity contribution in [3.63, 3.8) is 0 Å². The molecule has 4 aromatic carbocycles. The fourth-order valence-corrected chi connectivity index (χ4v) is 7.28. The molecule has 0 spiro atoms. The fraction of sp³-hybridized carbons (Fsp3) is 0.0645. The molecule has 34 heavy (non-hydrogen) atoms. The zero-order valence-electron chi connectivity index (χ0n) is 19.0. The Kier molecular flexibility index (Phi) is 3.44. The Hall–Kier alpha value is -3.95. The van der Waals surface area contributed by atoms with Gasteiger partial charge in [-0.3, -0.25) is 0 Å². The van der Waals surface area contributed by atoms with E-state index in [1.807, 2.05) is 11.3 Å². The number of nitrogens with zero attached hydrogens (tertiary/aromatic N) is 2. The van der Waals surface area contributed by atoms with Gasteiger partial charge in [-0.15, -0.1) is 15.7 Å². The van der Waals surface area contributed by atoms with Crippen LogP contribution in [0.3, 0.4) is 0 Å². The van der Waals surface area contributed by atoms with Crippen molar-refractivity contribution in [2.24, 2.45) is 7.05 Å². The molecule has 4 aromatic heterocycles. The lowest BCUT2D eigenvalue weighted by molar-refractivity contribution is -0.444. The van der Waals surface area contributed by atoms with E-state index in [1.165, 1.54) is 74.7 Å². The van der Waals surface area contributed by atoms with Gasteiger partial charge in [0.15, 0.2) is 0 Å². The molecule has 8 aromatic rings. The predicted octanol–water partition coefficient (Wildman–Crippen LogP) is 8.05. The summed E-state index contributed by atoms with van der Waals surface area (Å²) in [5.41, 5.74) is 6.46. The van der Waals surface area contributed by atoms with Crippen LogP contribution in [-0.4, -0.2) is 4.57 Å². The molecule has 3 heteroatoms. The molecule has 0 aliphatic rings. The van der Waals surface area contributed by atoms with Crippen LogP contribution in [0, 0.1) is 6.92 Å². The van der Waals surface area contributed by atoms with E-state index in [0.29, 0.717) is 0 Å². The van der Waals surface area contributed by atoms with Crippen LogP contribution in [0.15, 0.2) is 91.1 Å². The minimum Gasteiger partial charge on any atom is -0.345 e. The quantitative estimate of drug-likeness (QED) is 0.205. The fourth-order valence-electron chi connectivity index (χ4n) is 6.04. The van der Waals surface area contributed by atoms with E-state index >= 15 is 0 Å². The van der Waals surface area contributed by atoms with Crippen LogP contribution < -0.4 is 4.40 Å². The SMILES string of the molecule is Cc1cccc2c3ccc4c5ccccc5sc4c3[n+]3c4ccccc4c4ccn(C)c(c12)c43. The van der Waals surface area contributed by atoms with Gasteiger partial charge in [0.25, 0.3) is 0 Å². The highest BCUT2D eigenvalue weighted by Gasteiger charge is 2.27. The molecule has 0 atom stereocenters. The maximum atomic E-state index is 2.55. The van der Waals surface area contributed by atoms with Gasteiger partial charge in [-0.25, -0.2) is 0 Å². The van der Waals surface area contributed by atoms with Gasteiger partial charge in [-0.05, 0) is 42.1 Å². The average molecular weight is 454 g/mol. The first-order valence-electron chi connectivity index (χ1n) is 11.7. The van der Waals surface area contributed by atoms with Gasteiger partial charge in [0.2, 0.25) is 16.6 Å². The summed E-state index contributed by atoms with van der Waals surface area (Å²) in [4.78, 5) is 0. The molecule has 4 heterocycles. The molecule has 0 aliphatic heterocycles. The molecular weight excluding hydrogens is 432 g/mol. The third kappa shape index (κ3) is 2.13. The van der Waals surface area contributed by atoms with E-state index in [-0.39, 0.29) is 0 Å². The average Bonchev–Trinajstić information content (AvgIpc) is 3.35. The van der Waals surface area contributed by atoms with Crippen molar-refractivity contribution in [1.82, 2.24) is 4.57 Å². The van der Waals surface area contributed by atoms with Crippen LogP contribution in [0.25, 0.3) is 69.2 Å². The summed E-state index contributed by atoms with van der Waals surface area (Å²) in [5, 5.41) is 9.24. The standard InChI is InChI=1S/C31H21N2S/c1-18-8-7-11-21-22-14-15-24-20-10-4-6-13-26(20)34-31(24)29(22)33-25-12-5-3-9-19(25)23-16-17-32(2)30(27(18)21)28(23)33/h3-17H,1-2H3/q+1. The molecule has 0 amide bonds. The van der Waals surface area contributed by atoms with Crippen LogP contribution >= 0.6 is 11.3 Å². The van der Waals surface area contributed by atoms with Crippen LogP contribution in [0.2, 0.25) is 0 Å². The van der Waals surface area contributed by atoms with Crippen LogP contribution in [0.4, 0.5) is 0 Å². The number of pyridine rings is 1. The van der Waals surface area contributed by atoms with Crippen molar-refractivity contribution in [2.45, 2.75) is 6.92 Å². The molecule has 0 bridgehead atoms. The second kappa shape index (κ2) is 6.34. The minimum atomic E-state index is 1.27. The Morgan fingerprint density at radius 2 is 1.38 bits per heavy atom. The zero-order chi connectivity index (χ0) is 22.6. The number of hydrogen-bond donors (Lipinski definition) is 0. The summed E-state index contributed by atoms with van der Waals surface area (Å²) < 4.78 is 7.55. The third-order valence-corrected chi connectivity index (χ3v) is 8.69. The third-order valence-electron chi connectivity index (χ3n) is 7.50. The summed E-state index contributed by atoms with van der Waals surface area (Å²) in [6.45, 7) is 2.24. The summed E-state index contributed by atoms with van der Waals surface area (Å²) in [6, 6.07) is 31.4. The first-order chi connectivity index (χ1) is 16.7. The molecule has 8 rings (SSSR count). The molecule has 160 valence electrons. The van der Waals surface area contributed by atoms with E-state index in [1.54, 1.807) is 0 Å². The van der Waals surface area contributed by atoms with E-state index in [4.69, 9.17) is 0 Å². The van der Waals surface area contributed by atoms with E-state index in [9.17, 15) is 0 Å². The van der Waals surface area contributed by atoms with Crippen molar-refractivity contribution < 1.29 is 4.40 Å². The van der Waals surface area contributed by atoms with Gasteiger partial charge >= 0.3 is 0 Å². The zero-order valence-corrected chi connectivity index (χ0v) is 19.8. The molecule has 0 N–H and O–H groups in total. The number of aromatic nitrogens is 2. The minimum absolute atomic E-state index is 1.27. The van der Waals surface area contributed by atoms with Gasteiger partial charge in [0.1, 0.15) is 10.2 Å². The van der Waals surface area contributed by atoms with E-state index < -0.39 is 0 Å². The molecule has 0 unspecified atom stereocenters. The highest BCUT2D eigenvalue weighted by Crippen LogP contribution is 2.41. The normalized spacial score (nSPS) is 12.4. The Balaban J connectivity index is 1.88. The number of fused-ring (bicyclic) bond motifs is 12. The first-order valence-corrected chi connectivity index (χ1v) is 12.5. The molecule has 0 saturated heterocycles. The van der Waals surface area contributed by atoms with Crippen molar-refractivity contribution in [3.05, 3.63) is 96.7 Å². The lowest BCUT2D eigenvalue weighted by Gasteiger charge is -2.06. The maximum Gasteiger partial charge on any atom is 0.244 e. The van der Waals surface area contributed by atoms with Crippen molar-refractivity contribution >= 4 is 80.5 Å². The highest BCUT2D eigenvalue weighted by atomic mass is 32.1. The second-order valence-corrected chi connectivity index (χ2v) is 10.4. The van der Waals surface area contributed by atoms with Crippen molar-refractivity contribution in [1.29, 1.82) is 0 Å². The highest BCUT2D eigenvalue weighted by molar-refractivity contribution is 7.26. The van der Waals surface area contributed by atoms with Gasteiger partial charge in [-0.2, -0.15) is 0 Å². The van der Waals surface area contributed by atoms with Gasteiger partial charge < -0.3 is 4.57 Å². The monoisotopic (exact) mass is 453 g/mol. The first kappa shape index (κ1) is 18.5. The number of rotatable bonds is 0. The number of para-hydroxylation sites is 1.